The molecule has 0 atom stereocenters. The molecule has 6 heteroatoms. The number of hydrogen-bond acceptors (Lipinski definition) is 1. The molecule has 0 heterocycles. The quantitative estimate of drug-likeness (QED) is 0.211. The molecule has 0 aliphatic rings. The van der Waals surface area contributed by atoms with Gasteiger partial charge in [0.1, 0.15) is 0 Å². The first-order valence-corrected chi connectivity index (χ1v) is 2.20. The maximum atomic E-state index is 11.6. The Labute approximate surface area is 73.3 Å². The second-order valence-corrected chi connectivity index (χ2v) is 1.33. The molecule has 0 aromatic carbocycles. The molecule has 0 aromatic heterocycles. The molecule has 0 aliphatic carbocycles. The van der Waals surface area contributed by atoms with Crippen molar-refractivity contribution >= 4 is 0 Å². The van der Waals surface area contributed by atoms with Gasteiger partial charge < -0.3 is 17.1 Å². The van der Waals surface area contributed by atoms with Crippen LogP contribution >= 0.6 is 0 Å². The molecule has 58 valence electrons. The fourth-order valence-corrected chi connectivity index (χ4v) is 0.195. The number of alkyl halides is 4. The van der Waals surface area contributed by atoms with E-state index in [1.807, 2.05) is 0 Å². The largest absolute Gasteiger partial charge is 1.00 e. The van der Waals surface area contributed by atoms with Crippen LogP contribution in [0.4, 0.5) is 17.6 Å². The third-order valence-corrected chi connectivity index (χ3v) is 0.591. The van der Waals surface area contributed by atoms with Gasteiger partial charge in [0.25, 0.3) is 0 Å². The van der Waals surface area contributed by atoms with Crippen molar-refractivity contribution in [1.82, 2.24) is 0 Å². The second-order valence-electron chi connectivity index (χ2n) is 1.33. The smallest absolute Gasteiger partial charge is 0.691 e. The van der Waals surface area contributed by atoms with Gasteiger partial charge in [0.15, 0.2) is 0 Å². The normalized spacial score (nSPS) is 10.5. The van der Waals surface area contributed by atoms with Crippen molar-refractivity contribution in [2.24, 2.45) is 0 Å². The van der Waals surface area contributed by atoms with E-state index in [9.17, 15) is 17.6 Å². The molecule has 0 saturated heterocycles. The minimum Gasteiger partial charge on any atom is -0.691 e. The minimum absolute atomic E-state index is 0. The van der Waals surface area contributed by atoms with E-state index in [-0.39, 0.29) is 18.9 Å². The summed E-state index contributed by atoms with van der Waals surface area (Å²) >= 11 is 0. The molecule has 0 aliphatic heterocycles. The molecule has 0 fully saturated rings. The van der Waals surface area contributed by atoms with Gasteiger partial charge in [-0.1, -0.05) is 0 Å². The molecule has 0 amide bonds. The van der Waals surface area contributed by atoms with Crippen molar-refractivity contribution in [3.05, 3.63) is 6.42 Å². The summed E-state index contributed by atoms with van der Waals surface area (Å²) in [5.41, 5.74) is 0. The first-order valence-electron chi connectivity index (χ1n) is 2.20. The molecule has 0 N–H and O–H groups in total. The Hall–Kier alpha value is -0.163. The van der Waals surface area contributed by atoms with E-state index in [0.717, 1.165) is 0 Å². The molecule has 0 aromatic rings. The molecule has 0 spiro atoms. The minimum atomic E-state index is -4.46. The van der Waals surface area contributed by atoms with Gasteiger partial charge in [0.05, 0.1) is 6.61 Å². The molecular weight excluding hydrogens is 159 g/mol. The molecule has 0 saturated carbocycles. The van der Waals surface area contributed by atoms with Crippen molar-refractivity contribution in [3.63, 3.8) is 0 Å². The van der Waals surface area contributed by atoms with E-state index in [1.54, 1.807) is 0 Å². The Bertz CT molecular complexity index is 142. The van der Waals surface area contributed by atoms with Gasteiger partial charge >= 0.3 is 31.4 Å². The van der Waals surface area contributed by atoms with E-state index < -0.39 is 19.1 Å². The Morgan fingerprint density at radius 3 is 2.18 bits per heavy atom. The average Bonchev–Trinajstić information content (AvgIpc) is 1.84. The first-order chi connectivity index (χ1) is 4.50. The van der Waals surface area contributed by atoms with Crippen LogP contribution in [0.15, 0.2) is 0 Å². The second kappa shape index (κ2) is 5.48. The summed E-state index contributed by atoms with van der Waals surface area (Å²) in [6.07, 6.45) is -2.25. The maximum absolute atomic E-state index is 11.6. The van der Waals surface area contributed by atoms with Crippen molar-refractivity contribution in [2.45, 2.75) is 12.5 Å². The number of ether oxygens (including phenoxy) is 1. The van der Waals surface area contributed by atoms with E-state index in [4.69, 9.17) is 6.42 Å². The average molecular weight is 162 g/mol. The van der Waals surface area contributed by atoms with Crippen LogP contribution in [0, 0.1) is 12.3 Å². The third-order valence-electron chi connectivity index (χ3n) is 0.591. The van der Waals surface area contributed by atoms with E-state index in [1.165, 1.54) is 5.92 Å². The zero-order valence-electron chi connectivity index (χ0n) is 5.70. The van der Waals surface area contributed by atoms with Gasteiger partial charge in [-0.15, -0.1) is 0 Å². The standard InChI is InChI=1S/C5H3F4O.Li/c1-2-3-10-5(8,9)4(6)7;/h4H,3H2;/q-1;+1. The fourth-order valence-electron chi connectivity index (χ4n) is 0.195. The summed E-state index contributed by atoms with van der Waals surface area (Å²) in [5, 5.41) is 0. The van der Waals surface area contributed by atoms with Gasteiger partial charge in [0, 0.05) is 0 Å². The van der Waals surface area contributed by atoms with Crippen LogP contribution in [0.3, 0.4) is 0 Å². The number of halogens is 4. The molecule has 0 bridgehead atoms. The SMILES string of the molecule is [C-]#CCOC(F)(F)C(F)F.[Li+]. The molecule has 1 nitrogen and oxygen atoms in total. The van der Waals surface area contributed by atoms with Crippen molar-refractivity contribution in [3.8, 4) is 5.92 Å². The van der Waals surface area contributed by atoms with Crippen molar-refractivity contribution in [2.75, 3.05) is 6.61 Å². The van der Waals surface area contributed by atoms with Crippen LogP contribution in [-0.4, -0.2) is 19.1 Å². The van der Waals surface area contributed by atoms with Gasteiger partial charge in [-0.3, -0.25) is 0 Å². The first kappa shape index (κ1) is 13.4. The fraction of sp³-hybridized carbons (Fsp3) is 0.600. The molecule has 0 unspecified atom stereocenters. The monoisotopic (exact) mass is 162 g/mol. The van der Waals surface area contributed by atoms with Crippen LogP contribution in [0.1, 0.15) is 0 Å². The van der Waals surface area contributed by atoms with Gasteiger partial charge in [-0.05, 0) is 0 Å². The topological polar surface area (TPSA) is 9.23 Å². The zero-order chi connectivity index (χ0) is 8.20. The van der Waals surface area contributed by atoms with Crippen LogP contribution in [-0.2, 0) is 4.74 Å². The summed E-state index contributed by atoms with van der Waals surface area (Å²) in [6.45, 7) is -0.933. The molecule has 0 radical (unpaired) electrons. The Balaban J connectivity index is 0. The predicted molar refractivity (Wildman–Crippen MR) is 24.0 cm³/mol. The summed E-state index contributed by atoms with van der Waals surface area (Å²) in [4.78, 5) is 0. The third kappa shape index (κ3) is 5.14. The van der Waals surface area contributed by atoms with Crippen molar-refractivity contribution < 1.29 is 41.2 Å². The van der Waals surface area contributed by atoms with Gasteiger partial charge in [-0.25, -0.2) is 8.78 Å². The zero-order valence-corrected chi connectivity index (χ0v) is 5.70. The summed E-state index contributed by atoms with van der Waals surface area (Å²) in [7, 11) is 0. The van der Waals surface area contributed by atoms with Crippen LogP contribution in [0.5, 0.6) is 0 Å². The maximum Gasteiger partial charge on any atom is 1.00 e. The number of rotatable bonds is 3. The summed E-state index contributed by atoms with van der Waals surface area (Å²) in [6, 6.07) is 0. The Morgan fingerprint density at radius 1 is 1.45 bits per heavy atom. The Kier molecular flexibility index (Phi) is 6.69. The van der Waals surface area contributed by atoms with E-state index in [0.29, 0.717) is 0 Å². The predicted octanol–water partition coefficient (Wildman–Crippen LogP) is -1.55. The number of hydrogen-bond donors (Lipinski definition) is 0. The summed E-state index contributed by atoms with van der Waals surface area (Å²) < 4.78 is 48.9. The molecule has 0 rings (SSSR count). The van der Waals surface area contributed by atoms with Gasteiger partial charge in [0.2, 0.25) is 0 Å². The van der Waals surface area contributed by atoms with E-state index in [2.05, 4.69) is 4.74 Å². The van der Waals surface area contributed by atoms with Crippen LogP contribution < -0.4 is 18.9 Å². The van der Waals surface area contributed by atoms with Crippen LogP contribution in [0.25, 0.3) is 0 Å². The Morgan fingerprint density at radius 2 is 1.91 bits per heavy atom. The summed E-state index contributed by atoms with van der Waals surface area (Å²) in [5.74, 6) is 1.39. The van der Waals surface area contributed by atoms with E-state index >= 15 is 0 Å². The van der Waals surface area contributed by atoms with Gasteiger partial charge in [-0.2, -0.15) is 8.78 Å². The van der Waals surface area contributed by atoms with Crippen molar-refractivity contribution in [1.29, 1.82) is 0 Å². The van der Waals surface area contributed by atoms with Crippen LogP contribution in [0.2, 0.25) is 0 Å². The molecular formula is C5H3F4LiO. The molecule has 11 heavy (non-hydrogen) atoms.